The zero-order valence-electron chi connectivity index (χ0n) is 13.7. The largest absolute Gasteiger partial charge is 0.505 e. The Hall–Kier alpha value is -3.19. The molecule has 0 radical (unpaired) electrons. The van der Waals surface area contributed by atoms with Crippen LogP contribution in [-0.2, 0) is 9.59 Å². The van der Waals surface area contributed by atoms with Gasteiger partial charge in [0, 0.05) is 24.3 Å². The molecule has 25 heavy (non-hydrogen) atoms. The molecule has 7 heteroatoms. The van der Waals surface area contributed by atoms with Crippen molar-refractivity contribution in [2.24, 2.45) is 5.73 Å². The number of phenols is 1. The lowest BCUT2D eigenvalue weighted by Crippen LogP contribution is -2.55. The molecule has 1 atom stereocenters. The van der Waals surface area contributed by atoms with E-state index in [1.807, 2.05) is 0 Å². The monoisotopic (exact) mass is 342 g/mol. The summed E-state index contributed by atoms with van der Waals surface area (Å²) in [4.78, 5) is 25.1. The van der Waals surface area contributed by atoms with Crippen molar-refractivity contribution in [3.8, 4) is 5.75 Å². The fourth-order valence-electron chi connectivity index (χ4n) is 3.19. The SMILES string of the molecule is CC1=C(C(N)=O)C(=O)[N+](c2ccccc2)(c2ccc(O)c(F)c2)N1C. The number of rotatable bonds is 3. The minimum Gasteiger partial charge on any atom is -0.505 e. The summed E-state index contributed by atoms with van der Waals surface area (Å²) in [6, 6.07) is 12.4. The smallest absolute Gasteiger partial charge is 0.388 e. The molecule has 0 fully saturated rings. The molecule has 6 nitrogen and oxygen atoms in total. The zero-order valence-corrected chi connectivity index (χ0v) is 13.7. The molecule has 0 saturated heterocycles. The fourth-order valence-corrected chi connectivity index (χ4v) is 3.19. The molecule has 2 aromatic carbocycles. The number of halogens is 1. The van der Waals surface area contributed by atoms with Gasteiger partial charge in [-0.3, -0.25) is 4.79 Å². The second-order valence-electron chi connectivity index (χ2n) is 5.76. The Balaban J connectivity index is 2.35. The first-order chi connectivity index (χ1) is 11.8. The van der Waals surface area contributed by atoms with E-state index in [2.05, 4.69) is 0 Å². The lowest BCUT2D eigenvalue weighted by molar-refractivity contribution is -0.130. The number of benzene rings is 2. The third-order valence-electron chi connectivity index (χ3n) is 4.49. The number of carbonyl (C=O) groups is 2. The van der Waals surface area contributed by atoms with Crippen LogP contribution < -0.4 is 10.3 Å². The number of para-hydroxylation sites is 1. The molecule has 2 amide bonds. The molecule has 128 valence electrons. The summed E-state index contributed by atoms with van der Waals surface area (Å²) < 4.78 is 13.5. The number of quaternary nitrogens is 1. The van der Waals surface area contributed by atoms with E-state index in [0.717, 1.165) is 6.07 Å². The second-order valence-corrected chi connectivity index (χ2v) is 5.76. The number of hydrogen-bond acceptors (Lipinski definition) is 4. The first-order valence-corrected chi connectivity index (χ1v) is 7.55. The lowest BCUT2D eigenvalue weighted by Gasteiger charge is -2.37. The van der Waals surface area contributed by atoms with Crippen molar-refractivity contribution in [3.63, 3.8) is 0 Å². The van der Waals surface area contributed by atoms with Crippen molar-refractivity contribution in [3.05, 3.63) is 65.6 Å². The number of hydrogen-bond donors (Lipinski definition) is 2. The van der Waals surface area contributed by atoms with Gasteiger partial charge in [-0.25, -0.2) is 14.2 Å². The van der Waals surface area contributed by atoms with Crippen molar-refractivity contribution in [1.29, 1.82) is 0 Å². The minimum absolute atomic E-state index is 0.139. The van der Waals surface area contributed by atoms with Crippen LogP contribution in [0.4, 0.5) is 15.8 Å². The maximum absolute atomic E-state index is 14.0. The van der Waals surface area contributed by atoms with E-state index in [1.54, 1.807) is 49.3 Å². The van der Waals surface area contributed by atoms with Crippen LogP contribution in [0.15, 0.2) is 59.8 Å². The van der Waals surface area contributed by atoms with Crippen LogP contribution in [0.3, 0.4) is 0 Å². The van der Waals surface area contributed by atoms with E-state index >= 15 is 0 Å². The normalized spacial score (nSPS) is 20.3. The minimum atomic E-state index is -0.864. The Morgan fingerprint density at radius 3 is 2.32 bits per heavy atom. The molecule has 1 aliphatic heterocycles. The number of nitrogens with two attached hydrogens (primary N) is 1. The van der Waals surface area contributed by atoms with Crippen molar-refractivity contribution in [2.45, 2.75) is 6.92 Å². The van der Waals surface area contributed by atoms with Crippen LogP contribution in [0.1, 0.15) is 6.92 Å². The molecule has 0 aromatic heterocycles. The van der Waals surface area contributed by atoms with Crippen molar-refractivity contribution < 1.29 is 19.1 Å². The average Bonchev–Trinajstić information content (AvgIpc) is 2.78. The van der Waals surface area contributed by atoms with Gasteiger partial charge >= 0.3 is 5.91 Å². The van der Waals surface area contributed by atoms with Crippen LogP contribution >= 0.6 is 0 Å². The highest BCUT2D eigenvalue weighted by Crippen LogP contribution is 2.45. The highest BCUT2D eigenvalue weighted by molar-refractivity contribution is 6.24. The van der Waals surface area contributed by atoms with E-state index in [9.17, 15) is 19.1 Å². The molecule has 0 spiro atoms. The highest BCUT2D eigenvalue weighted by atomic mass is 19.1. The van der Waals surface area contributed by atoms with Crippen LogP contribution in [-0.4, -0.2) is 29.0 Å². The fraction of sp³-hybridized carbons (Fsp3) is 0.111. The van der Waals surface area contributed by atoms with E-state index in [4.69, 9.17) is 5.73 Å². The third-order valence-corrected chi connectivity index (χ3v) is 4.49. The third kappa shape index (κ3) is 2.20. The molecule has 1 unspecified atom stereocenters. The number of phenolic OH excluding ortho intramolecular Hbond substituents is 1. The van der Waals surface area contributed by atoms with Crippen LogP contribution in [0, 0.1) is 5.82 Å². The Kier molecular flexibility index (Phi) is 3.81. The number of carbonyl (C=O) groups excluding carboxylic acids is 2. The van der Waals surface area contributed by atoms with Crippen LogP contribution in [0.2, 0.25) is 0 Å². The standard InChI is InChI=1S/C18H16FN3O3/c1-11-16(17(20)24)18(25)22(21(11)2,12-6-4-3-5-7-12)13-8-9-15(23)14(19)10-13/h3-10H,1-2H3,(H2-,20,23,24)/p+1. The van der Waals surface area contributed by atoms with Gasteiger partial charge < -0.3 is 10.8 Å². The Morgan fingerprint density at radius 1 is 1.16 bits per heavy atom. The molecule has 0 bridgehead atoms. The maximum atomic E-state index is 14.0. The van der Waals surface area contributed by atoms with Gasteiger partial charge in [-0.1, -0.05) is 22.8 Å². The summed E-state index contributed by atoms with van der Waals surface area (Å²) in [5.74, 6) is -2.81. The van der Waals surface area contributed by atoms with Gasteiger partial charge in [0.05, 0.1) is 12.7 Å². The summed E-state index contributed by atoms with van der Waals surface area (Å²) in [7, 11) is 1.63. The van der Waals surface area contributed by atoms with Gasteiger partial charge in [-0.2, -0.15) is 0 Å². The number of primary amides is 1. The summed E-state index contributed by atoms with van der Waals surface area (Å²) in [5, 5.41) is 11.1. The van der Waals surface area contributed by atoms with E-state index in [1.165, 1.54) is 12.1 Å². The number of nitrogens with zero attached hydrogens (tertiary/aromatic N) is 2. The van der Waals surface area contributed by atoms with Gasteiger partial charge in [0.1, 0.15) is 0 Å². The second kappa shape index (κ2) is 5.71. The van der Waals surface area contributed by atoms with E-state index in [-0.39, 0.29) is 11.3 Å². The summed E-state index contributed by atoms with van der Waals surface area (Å²) in [6.45, 7) is 1.61. The number of aromatic hydroxyl groups is 1. The molecule has 3 rings (SSSR count). The summed E-state index contributed by atoms with van der Waals surface area (Å²) in [5.41, 5.74) is 6.40. The lowest BCUT2D eigenvalue weighted by atomic mass is 10.1. The van der Waals surface area contributed by atoms with E-state index in [0.29, 0.717) is 11.4 Å². The number of allylic oxidation sites excluding steroid dienone is 1. The van der Waals surface area contributed by atoms with E-state index < -0.39 is 28.0 Å². The van der Waals surface area contributed by atoms with Crippen molar-refractivity contribution >= 4 is 23.2 Å². The number of amides is 2. The predicted molar refractivity (Wildman–Crippen MR) is 90.6 cm³/mol. The van der Waals surface area contributed by atoms with Gasteiger partial charge in [0.2, 0.25) is 0 Å². The van der Waals surface area contributed by atoms with Gasteiger partial charge in [0.25, 0.3) is 5.91 Å². The topological polar surface area (TPSA) is 83.6 Å². The van der Waals surface area contributed by atoms with Crippen molar-refractivity contribution in [1.82, 2.24) is 9.60 Å². The molecule has 0 saturated carbocycles. The molecular formula is C18H17FN3O3+. The Bertz CT molecular complexity index is 911. The highest BCUT2D eigenvalue weighted by Gasteiger charge is 2.56. The molecule has 0 aliphatic carbocycles. The first-order valence-electron chi connectivity index (χ1n) is 7.55. The molecule has 1 aliphatic rings. The molecule has 1 heterocycles. The quantitative estimate of drug-likeness (QED) is 0.662. The first kappa shape index (κ1) is 16.7. The van der Waals surface area contributed by atoms with Gasteiger partial charge in [0.15, 0.2) is 28.5 Å². The molecule has 3 N–H and O–H groups in total. The molecular weight excluding hydrogens is 325 g/mol. The predicted octanol–water partition coefficient (Wildman–Crippen LogP) is 2.32. The zero-order chi connectivity index (χ0) is 18.4. The van der Waals surface area contributed by atoms with Crippen LogP contribution in [0.5, 0.6) is 5.75 Å². The Morgan fingerprint density at radius 2 is 1.80 bits per heavy atom. The molecule has 2 aromatic rings. The summed E-state index contributed by atoms with van der Waals surface area (Å²) >= 11 is 0. The Labute approximate surface area is 143 Å². The summed E-state index contributed by atoms with van der Waals surface area (Å²) in [6.07, 6.45) is 0. The van der Waals surface area contributed by atoms with Gasteiger partial charge in [-0.15, -0.1) is 0 Å². The van der Waals surface area contributed by atoms with Gasteiger partial charge in [-0.05, 0) is 13.0 Å². The van der Waals surface area contributed by atoms with Crippen molar-refractivity contribution in [2.75, 3.05) is 7.05 Å². The van der Waals surface area contributed by atoms with Crippen LogP contribution in [0.25, 0.3) is 0 Å². The maximum Gasteiger partial charge on any atom is 0.388 e. The average molecular weight is 342 g/mol.